The smallest absolute Gasteiger partial charge is 0.261 e. The Labute approximate surface area is 206 Å². The van der Waals surface area contributed by atoms with Crippen LogP contribution in [0.3, 0.4) is 0 Å². The largest absolute Gasteiger partial charge is 0.356 e. The van der Waals surface area contributed by atoms with Gasteiger partial charge >= 0.3 is 0 Å². The highest BCUT2D eigenvalue weighted by atomic mass is 16.5. The molecular formula is C28H33N5O2. The fourth-order valence-corrected chi connectivity index (χ4v) is 5.03. The molecule has 3 heterocycles. The van der Waals surface area contributed by atoms with Gasteiger partial charge in [-0.3, -0.25) is 4.79 Å². The van der Waals surface area contributed by atoms with E-state index in [1.54, 1.807) is 6.20 Å². The lowest BCUT2D eigenvalue weighted by atomic mass is 9.95. The van der Waals surface area contributed by atoms with Gasteiger partial charge in [-0.2, -0.15) is 4.98 Å². The van der Waals surface area contributed by atoms with Crippen LogP contribution in [0.15, 0.2) is 58.8 Å². The molecule has 7 nitrogen and oxygen atoms in total. The molecule has 0 spiro atoms. The number of piperidine rings is 1. The second-order valence-electron chi connectivity index (χ2n) is 9.58. The summed E-state index contributed by atoms with van der Waals surface area (Å²) in [4.78, 5) is 24.2. The molecule has 2 aromatic heterocycles. The molecule has 1 aliphatic heterocycles. The van der Waals surface area contributed by atoms with E-state index in [2.05, 4.69) is 31.4 Å². The number of rotatable bonds is 7. The molecule has 1 aliphatic carbocycles. The average molecular weight is 472 g/mol. The third-order valence-corrected chi connectivity index (χ3v) is 7.02. The summed E-state index contributed by atoms with van der Waals surface area (Å²) in [5.74, 6) is 2.09. The van der Waals surface area contributed by atoms with E-state index >= 15 is 0 Å². The standard InChI is InChI=1S/C28H33N5O2/c1-20-7-5-10-23(19-20)25-31-28(35-32-25)24-11-6-15-29-26(24)33-17-13-22(14-18-33)27(34)30-16-12-21-8-3-2-4-9-21/h5-8,10-11,15,19,22H,2-4,9,12-14,16-18H2,1H3,(H,30,34). The Kier molecular flexibility index (Phi) is 7.21. The third-order valence-electron chi connectivity index (χ3n) is 7.02. The Bertz CT molecular complexity index is 1190. The van der Waals surface area contributed by atoms with Crippen molar-refractivity contribution in [3.63, 3.8) is 0 Å². The van der Waals surface area contributed by atoms with Crippen molar-refractivity contribution < 1.29 is 9.32 Å². The number of nitrogens with one attached hydrogen (secondary N) is 1. The van der Waals surface area contributed by atoms with E-state index in [1.807, 2.05) is 43.3 Å². The van der Waals surface area contributed by atoms with Gasteiger partial charge in [0.1, 0.15) is 5.82 Å². The van der Waals surface area contributed by atoms with Gasteiger partial charge in [0.2, 0.25) is 11.7 Å². The Morgan fingerprint density at radius 1 is 1.17 bits per heavy atom. The van der Waals surface area contributed by atoms with Gasteiger partial charge in [0.05, 0.1) is 5.56 Å². The van der Waals surface area contributed by atoms with Crippen LogP contribution in [0.25, 0.3) is 22.8 Å². The number of anilines is 1. The molecule has 1 saturated heterocycles. The average Bonchev–Trinajstić information content (AvgIpc) is 3.40. The quantitative estimate of drug-likeness (QED) is 0.469. The van der Waals surface area contributed by atoms with Crippen LogP contribution in [0.1, 0.15) is 50.5 Å². The first kappa shape index (κ1) is 23.3. The highest BCUT2D eigenvalue weighted by Crippen LogP contribution is 2.32. The summed E-state index contributed by atoms with van der Waals surface area (Å²) in [7, 11) is 0. The van der Waals surface area contributed by atoms with Crippen molar-refractivity contribution in [2.45, 2.75) is 51.9 Å². The maximum atomic E-state index is 12.7. The summed E-state index contributed by atoms with van der Waals surface area (Å²) in [6, 6.07) is 11.9. The highest BCUT2D eigenvalue weighted by molar-refractivity contribution is 5.79. The summed E-state index contributed by atoms with van der Waals surface area (Å²) in [5, 5.41) is 7.36. The second kappa shape index (κ2) is 10.8. The molecule has 182 valence electrons. The summed E-state index contributed by atoms with van der Waals surface area (Å²) in [5.41, 5.74) is 4.40. The van der Waals surface area contributed by atoms with Gasteiger partial charge in [-0.25, -0.2) is 4.98 Å². The zero-order chi connectivity index (χ0) is 24.0. The summed E-state index contributed by atoms with van der Waals surface area (Å²) in [6.07, 6.45) is 11.7. The Balaban J connectivity index is 1.20. The minimum atomic E-state index is 0.0510. The molecule has 5 rings (SSSR count). The molecule has 35 heavy (non-hydrogen) atoms. The molecule has 2 aliphatic rings. The maximum Gasteiger partial charge on any atom is 0.261 e. The summed E-state index contributed by atoms with van der Waals surface area (Å²) in [6.45, 7) is 4.33. The molecular weight excluding hydrogens is 438 g/mol. The first-order valence-corrected chi connectivity index (χ1v) is 12.7. The van der Waals surface area contributed by atoms with Crippen molar-refractivity contribution >= 4 is 11.7 Å². The van der Waals surface area contributed by atoms with E-state index in [0.717, 1.165) is 61.4 Å². The van der Waals surface area contributed by atoms with E-state index in [4.69, 9.17) is 4.52 Å². The van der Waals surface area contributed by atoms with E-state index in [0.29, 0.717) is 11.7 Å². The lowest BCUT2D eigenvalue weighted by Crippen LogP contribution is -2.41. The zero-order valence-electron chi connectivity index (χ0n) is 20.4. The van der Waals surface area contributed by atoms with Crippen molar-refractivity contribution in [2.24, 2.45) is 5.92 Å². The third kappa shape index (κ3) is 5.61. The molecule has 0 bridgehead atoms. The number of carbonyl (C=O) groups is 1. The highest BCUT2D eigenvalue weighted by Gasteiger charge is 2.27. The fourth-order valence-electron chi connectivity index (χ4n) is 5.03. The van der Waals surface area contributed by atoms with Gasteiger partial charge in [-0.05, 0) is 70.1 Å². The predicted octanol–water partition coefficient (Wildman–Crippen LogP) is 5.33. The summed E-state index contributed by atoms with van der Waals surface area (Å²) < 4.78 is 5.63. The zero-order valence-corrected chi connectivity index (χ0v) is 20.4. The predicted molar refractivity (Wildman–Crippen MR) is 137 cm³/mol. The van der Waals surface area contributed by atoms with Crippen molar-refractivity contribution in [2.75, 3.05) is 24.5 Å². The maximum absolute atomic E-state index is 12.7. The van der Waals surface area contributed by atoms with Gasteiger partial charge in [-0.15, -0.1) is 0 Å². The number of aryl methyl sites for hydroxylation is 1. The molecule has 0 radical (unpaired) electrons. The molecule has 1 fully saturated rings. The molecule has 1 amide bonds. The number of benzene rings is 1. The topological polar surface area (TPSA) is 84.2 Å². The Morgan fingerprint density at radius 2 is 2.06 bits per heavy atom. The number of hydrogen-bond acceptors (Lipinski definition) is 6. The van der Waals surface area contributed by atoms with Crippen LogP contribution in [0, 0.1) is 12.8 Å². The number of allylic oxidation sites excluding steroid dienone is 1. The summed E-state index contributed by atoms with van der Waals surface area (Å²) >= 11 is 0. The molecule has 1 N–H and O–H groups in total. The van der Waals surface area contributed by atoms with Crippen molar-refractivity contribution in [3.05, 3.63) is 59.8 Å². The Hall–Kier alpha value is -3.48. The van der Waals surface area contributed by atoms with Gasteiger partial charge in [0, 0.05) is 37.3 Å². The van der Waals surface area contributed by atoms with Crippen molar-refractivity contribution in [1.29, 1.82) is 0 Å². The molecule has 3 aromatic rings. The minimum Gasteiger partial charge on any atom is -0.356 e. The van der Waals surface area contributed by atoms with E-state index in [-0.39, 0.29) is 11.8 Å². The molecule has 0 saturated carbocycles. The number of nitrogens with zero attached hydrogens (tertiary/aromatic N) is 4. The van der Waals surface area contributed by atoms with E-state index in [1.165, 1.54) is 31.3 Å². The monoisotopic (exact) mass is 471 g/mol. The number of carbonyl (C=O) groups excluding carboxylic acids is 1. The van der Waals surface area contributed by atoms with E-state index < -0.39 is 0 Å². The first-order valence-electron chi connectivity index (χ1n) is 12.7. The van der Waals surface area contributed by atoms with Gasteiger partial charge in [0.25, 0.3) is 5.89 Å². The van der Waals surface area contributed by atoms with Crippen LogP contribution in [0.5, 0.6) is 0 Å². The number of pyridine rings is 1. The van der Waals surface area contributed by atoms with Gasteiger partial charge in [0.15, 0.2) is 0 Å². The van der Waals surface area contributed by atoms with Crippen LogP contribution in [0.2, 0.25) is 0 Å². The van der Waals surface area contributed by atoms with Crippen LogP contribution < -0.4 is 10.2 Å². The molecule has 1 aromatic carbocycles. The second-order valence-corrected chi connectivity index (χ2v) is 9.58. The SMILES string of the molecule is Cc1cccc(-c2noc(-c3cccnc3N3CCC(C(=O)NCCC4=CCCCC4)CC3)n2)c1. The van der Waals surface area contributed by atoms with Crippen LogP contribution in [-0.2, 0) is 4.79 Å². The number of hydrogen-bond donors (Lipinski definition) is 1. The minimum absolute atomic E-state index is 0.0510. The normalized spacial score (nSPS) is 16.7. The van der Waals surface area contributed by atoms with Crippen molar-refractivity contribution in [3.8, 4) is 22.8 Å². The van der Waals surface area contributed by atoms with Gasteiger partial charge < -0.3 is 14.7 Å². The lowest BCUT2D eigenvalue weighted by molar-refractivity contribution is -0.125. The first-order chi connectivity index (χ1) is 17.2. The van der Waals surface area contributed by atoms with Gasteiger partial charge in [-0.1, -0.05) is 40.6 Å². The molecule has 7 heteroatoms. The molecule has 0 atom stereocenters. The van der Waals surface area contributed by atoms with Crippen LogP contribution >= 0.6 is 0 Å². The van der Waals surface area contributed by atoms with Crippen LogP contribution in [0.4, 0.5) is 5.82 Å². The number of aromatic nitrogens is 3. The Morgan fingerprint density at radius 3 is 2.86 bits per heavy atom. The lowest BCUT2D eigenvalue weighted by Gasteiger charge is -2.32. The number of amides is 1. The molecule has 0 unspecified atom stereocenters. The van der Waals surface area contributed by atoms with Crippen molar-refractivity contribution in [1.82, 2.24) is 20.4 Å². The van der Waals surface area contributed by atoms with E-state index in [9.17, 15) is 4.79 Å². The fraction of sp³-hybridized carbons (Fsp3) is 0.429. The van der Waals surface area contributed by atoms with Crippen LogP contribution in [-0.4, -0.2) is 40.7 Å².